The molecule has 4 nitrogen and oxygen atoms in total. The van der Waals surface area contributed by atoms with Gasteiger partial charge in [-0.05, 0) is 18.9 Å². The zero-order chi connectivity index (χ0) is 9.84. The van der Waals surface area contributed by atoms with Crippen molar-refractivity contribution >= 4 is 5.97 Å². The zero-order valence-electron chi connectivity index (χ0n) is 7.95. The second kappa shape index (κ2) is 4.07. The van der Waals surface area contributed by atoms with Gasteiger partial charge in [-0.2, -0.15) is 5.10 Å². The monoisotopic (exact) mass is 182 g/mol. The lowest BCUT2D eigenvalue weighted by Gasteiger charge is -2.00. The summed E-state index contributed by atoms with van der Waals surface area (Å²) in [7, 11) is 0. The van der Waals surface area contributed by atoms with Crippen LogP contribution in [0.5, 0.6) is 0 Å². The number of carboxylic acid groups (broad SMARTS) is 1. The Hall–Kier alpha value is -1.32. The van der Waals surface area contributed by atoms with Crippen molar-refractivity contribution in [2.75, 3.05) is 0 Å². The maximum atomic E-state index is 10.8. The van der Waals surface area contributed by atoms with Crippen LogP contribution in [0.3, 0.4) is 0 Å². The molecule has 1 N–H and O–H groups in total. The molecule has 0 amide bonds. The molecule has 0 aliphatic heterocycles. The van der Waals surface area contributed by atoms with Crippen molar-refractivity contribution in [2.45, 2.75) is 33.2 Å². The molecular weight excluding hydrogens is 168 g/mol. The molecule has 72 valence electrons. The van der Waals surface area contributed by atoms with Gasteiger partial charge < -0.3 is 5.11 Å². The second-order valence-corrected chi connectivity index (χ2v) is 2.90. The van der Waals surface area contributed by atoms with Crippen molar-refractivity contribution in [1.29, 1.82) is 0 Å². The van der Waals surface area contributed by atoms with E-state index in [2.05, 4.69) is 5.10 Å². The van der Waals surface area contributed by atoms with Gasteiger partial charge in [0.05, 0.1) is 5.69 Å². The molecule has 1 aromatic rings. The van der Waals surface area contributed by atoms with Gasteiger partial charge >= 0.3 is 5.97 Å². The van der Waals surface area contributed by atoms with Crippen molar-refractivity contribution in [3.05, 3.63) is 17.5 Å². The highest BCUT2D eigenvalue weighted by atomic mass is 16.4. The minimum atomic E-state index is -0.902. The summed E-state index contributed by atoms with van der Waals surface area (Å²) in [5.41, 5.74) is 1.13. The molecule has 0 atom stereocenters. The van der Waals surface area contributed by atoms with Crippen molar-refractivity contribution < 1.29 is 9.90 Å². The van der Waals surface area contributed by atoms with E-state index in [1.54, 1.807) is 10.7 Å². The summed E-state index contributed by atoms with van der Waals surface area (Å²) < 4.78 is 1.56. The van der Waals surface area contributed by atoms with E-state index in [-0.39, 0.29) is 0 Å². The molecule has 0 aliphatic rings. The van der Waals surface area contributed by atoms with Gasteiger partial charge in [-0.1, -0.05) is 13.8 Å². The van der Waals surface area contributed by atoms with E-state index in [4.69, 9.17) is 5.11 Å². The molecule has 0 fully saturated rings. The largest absolute Gasteiger partial charge is 0.477 e. The number of nitrogens with zero attached hydrogens (tertiary/aromatic N) is 2. The Balaban J connectivity index is 3.00. The quantitative estimate of drug-likeness (QED) is 0.768. The molecule has 1 rings (SSSR count). The van der Waals surface area contributed by atoms with E-state index in [1.165, 1.54) is 0 Å². The van der Waals surface area contributed by atoms with Crippen LogP contribution in [0.25, 0.3) is 0 Å². The molecule has 0 spiro atoms. The maximum absolute atomic E-state index is 10.8. The maximum Gasteiger partial charge on any atom is 0.354 e. The predicted molar refractivity (Wildman–Crippen MR) is 48.9 cm³/mol. The molecule has 0 aliphatic carbocycles. The number of carboxylic acids is 1. The Morgan fingerprint density at radius 1 is 1.62 bits per heavy atom. The van der Waals surface area contributed by atoms with Gasteiger partial charge in [0.25, 0.3) is 0 Å². The number of aromatic nitrogens is 2. The molecule has 0 radical (unpaired) electrons. The lowest BCUT2D eigenvalue weighted by molar-refractivity contribution is 0.0683. The van der Waals surface area contributed by atoms with Gasteiger partial charge in [0.15, 0.2) is 0 Å². The highest BCUT2D eigenvalue weighted by molar-refractivity contribution is 5.85. The molecule has 0 unspecified atom stereocenters. The molecule has 1 aromatic heterocycles. The van der Waals surface area contributed by atoms with Crippen molar-refractivity contribution in [1.82, 2.24) is 9.78 Å². The Bertz CT molecular complexity index is 305. The average molecular weight is 182 g/mol. The molecule has 13 heavy (non-hydrogen) atoms. The van der Waals surface area contributed by atoms with Gasteiger partial charge in [0, 0.05) is 6.54 Å². The average Bonchev–Trinajstić information content (AvgIpc) is 2.48. The van der Waals surface area contributed by atoms with E-state index in [1.807, 2.05) is 13.8 Å². The van der Waals surface area contributed by atoms with Gasteiger partial charge in [-0.15, -0.1) is 0 Å². The first-order chi connectivity index (χ1) is 6.19. The van der Waals surface area contributed by atoms with Crippen LogP contribution >= 0.6 is 0 Å². The van der Waals surface area contributed by atoms with Crippen LogP contribution in [-0.2, 0) is 13.0 Å². The summed E-state index contributed by atoms with van der Waals surface area (Å²) in [6.07, 6.45) is 1.67. The van der Waals surface area contributed by atoms with Crippen LogP contribution in [0.4, 0.5) is 0 Å². The van der Waals surface area contributed by atoms with Crippen LogP contribution < -0.4 is 0 Å². The molecule has 0 bridgehead atoms. The molecular formula is C9H14N2O2. The van der Waals surface area contributed by atoms with Crippen LogP contribution in [0.15, 0.2) is 6.07 Å². The Morgan fingerprint density at radius 2 is 2.31 bits per heavy atom. The summed E-state index contributed by atoms with van der Waals surface area (Å²) in [5, 5.41) is 13.0. The number of aryl methyl sites for hydroxylation is 2. The first-order valence-electron chi connectivity index (χ1n) is 4.49. The predicted octanol–water partition coefficient (Wildman–Crippen LogP) is 1.55. The third kappa shape index (κ3) is 2.08. The summed E-state index contributed by atoms with van der Waals surface area (Å²) in [5.74, 6) is -0.902. The number of aromatic carboxylic acids is 1. The van der Waals surface area contributed by atoms with Crippen LogP contribution in [0, 0.1) is 0 Å². The lowest BCUT2D eigenvalue weighted by atomic mass is 10.3. The van der Waals surface area contributed by atoms with Gasteiger partial charge in [0.2, 0.25) is 0 Å². The van der Waals surface area contributed by atoms with Crippen molar-refractivity contribution in [2.24, 2.45) is 0 Å². The second-order valence-electron chi connectivity index (χ2n) is 2.90. The first-order valence-corrected chi connectivity index (χ1v) is 4.49. The fourth-order valence-electron chi connectivity index (χ4n) is 1.20. The van der Waals surface area contributed by atoms with Gasteiger partial charge in [-0.3, -0.25) is 4.68 Å². The molecule has 4 heteroatoms. The highest BCUT2D eigenvalue weighted by Crippen LogP contribution is 2.06. The fourth-order valence-corrected chi connectivity index (χ4v) is 1.20. The van der Waals surface area contributed by atoms with Crippen LogP contribution in [0.2, 0.25) is 0 Å². The van der Waals surface area contributed by atoms with E-state index in [0.717, 1.165) is 18.5 Å². The number of hydrogen-bond donors (Lipinski definition) is 1. The third-order valence-corrected chi connectivity index (χ3v) is 1.85. The van der Waals surface area contributed by atoms with E-state index >= 15 is 0 Å². The Labute approximate surface area is 77.2 Å². The topological polar surface area (TPSA) is 55.1 Å². The molecule has 0 aromatic carbocycles. The fraction of sp³-hybridized carbons (Fsp3) is 0.556. The normalized spacial score (nSPS) is 10.3. The van der Waals surface area contributed by atoms with E-state index < -0.39 is 5.97 Å². The summed E-state index contributed by atoms with van der Waals surface area (Å²) in [6, 6.07) is 1.64. The minimum absolute atomic E-state index is 0.290. The highest BCUT2D eigenvalue weighted by Gasteiger charge is 2.12. The summed E-state index contributed by atoms with van der Waals surface area (Å²) in [4.78, 5) is 10.8. The standard InChI is InChI=1S/C9H14N2O2/c1-3-5-11-8(9(12)13)6-7(4-2)10-11/h6H,3-5H2,1-2H3,(H,12,13). The van der Waals surface area contributed by atoms with Crippen LogP contribution in [0.1, 0.15) is 36.5 Å². The number of carbonyl (C=O) groups is 1. The van der Waals surface area contributed by atoms with Gasteiger partial charge in [0.1, 0.15) is 5.69 Å². The van der Waals surface area contributed by atoms with E-state index in [9.17, 15) is 4.79 Å². The van der Waals surface area contributed by atoms with Crippen molar-refractivity contribution in [3.8, 4) is 0 Å². The minimum Gasteiger partial charge on any atom is -0.477 e. The first kappa shape index (κ1) is 9.77. The lowest BCUT2D eigenvalue weighted by Crippen LogP contribution is -2.09. The van der Waals surface area contributed by atoms with Crippen molar-refractivity contribution in [3.63, 3.8) is 0 Å². The zero-order valence-corrected chi connectivity index (χ0v) is 7.95. The third-order valence-electron chi connectivity index (χ3n) is 1.85. The van der Waals surface area contributed by atoms with Gasteiger partial charge in [-0.25, -0.2) is 4.79 Å². The Kier molecular flexibility index (Phi) is 3.06. The molecule has 0 saturated heterocycles. The number of hydrogen-bond acceptors (Lipinski definition) is 2. The summed E-state index contributed by atoms with van der Waals surface area (Å²) >= 11 is 0. The van der Waals surface area contributed by atoms with E-state index in [0.29, 0.717) is 12.2 Å². The smallest absolute Gasteiger partial charge is 0.354 e. The SMILES string of the molecule is CCCn1nc(CC)cc1C(=O)O. The molecule has 0 saturated carbocycles. The van der Waals surface area contributed by atoms with Crippen LogP contribution in [-0.4, -0.2) is 20.9 Å². The number of rotatable bonds is 4. The Morgan fingerprint density at radius 3 is 2.77 bits per heavy atom. The summed E-state index contributed by atoms with van der Waals surface area (Å²) in [6.45, 7) is 4.63. The molecule has 1 heterocycles.